The molecule has 6 nitrogen and oxygen atoms in total. The summed E-state index contributed by atoms with van der Waals surface area (Å²) in [6.07, 6.45) is 4.50. The van der Waals surface area contributed by atoms with Crippen molar-refractivity contribution in [2.24, 2.45) is 0 Å². The SMILES string of the molecule is O=C(Nc1ccc2c(c1)OCCCO2)c1ccc(Cn2cccn2)cc1. The normalized spacial score (nSPS) is 13.1. The first-order valence-corrected chi connectivity index (χ1v) is 8.55. The lowest BCUT2D eigenvalue weighted by atomic mass is 10.1. The molecule has 132 valence electrons. The van der Waals surface area contributed by atoms with E-state index in [4.69, 9.17) is 9.47 Å². The number of fused-ring (bicyclic) bond motifs is 1. The molecule has 2 aromatic carbocycles. The maximum atomic E-state index is 12.5. The van der Waals surface area contributed by atoms with E-state index in [1.165, 1.54) is 0 Å². The van der Waals surface area contributed by atoms with Gasteiger partial charge in [-0.25, -0.2) is 0 Å². The third-order valence-electron chi connectivity index (χ3n) is 4.13. The molecule has 0 saturated heterocycles. The van der Waals surface area contributed by atoms with E-state index in [2.05, 4.69) is 10.4 Å². The molecule has 0 bridgehead atoms. The summed E-state index contributed by atoms with van der Waals surface area (Å²) >= 11 is 0. The van der Waals surface area contributed by atoms with Crippen LogP contribution >= 0.6 is 0 Å². The zero-order valence-electron chi connectivity index (χ0n) is 14.2. The van der Waals surface area contributed by atoms with Crippen molar-refractivity contribution in [3.05, 3.63) is 72.1 Å². The van der Waals surface area contributed by atoms with Crippen LogP contribution in [0.1, 0.15) is 22.3 Å². The molecule has 3 aromatic rings. The predicted octanol–water partition coefficient (Wildman–Crippen LogP) is 3.35. The zero-order valence-corrected chi connectivity index (χ0v) is 14.2. The van der Waals surface area contributed by atoms with Gasteiger partial charge >= 0.3 is 0 Å². The lowest BCUT2D eigenvalue weighted by molar-refractivity contribution is 0.102. The Balaban J connectivity index is 1.44. The predicted molar refractivity (Wildman–Crippen MR) is 97.8 cm³/mol. The van der Waals surface area contributed by atoms with Crippen LogP contribution in [0.3, 0.4) is 0 Å². The summed E-state index contributed by atoms with van der Waals surface area (Å²) in [5.41, 5.74) is 2.36. The molecule has 0 fully saturated rings. The van der Waals surface area contributed by atoms with Crippen molar-refractivity contribution in [2.75, 3.05) is 18.5 Å². The van der Waals surface area contributed by atoms with Crippen LogP contribution in [-0.4, -0.2) is 28.9 Å². The standard InChI is InChI=1S/C20H19N3O3/c24-20(16-5-3-15(4-6-16)14-23-10-1-9-21-23)22-17-7-8-18-19(13-17)26-12-2-11-25-18/h1,3-10,13H,2,11-12,14H2,(H,22,24). The van der Waals surface area contributed by atoms with Crippen LogP contribution in [0.4, 0.5) is 5.69 Å². The first-order valence-electron chi connectivity index (χ1n) is 8.55. The minimum Gasteiger partial charge on any atom is -0.490 e. The summed E-state index contributed by atoms with van der Waals surface area (Å²) in [4.78, 5) is 12.5. The van der Waals surface area contributed by atoms with E-state index in [1.54, 1.807) is 12.3 Å². The van der Waals surface area contributed by atoms with Crippen molar-refractivity contribution in [3.63, 3.8) is 0 Å². The second-order valence-corrected chi connectivity index (χ2v) is 6.07. The van der Waals surface area contributed by atoms with Crippen LogP contribution in [0, 0.1) is 0 Å². The number of rotatable bonds is 4. The lowest BCUT2D eigenvalue weighted by Crippen LogP contribution is -2.12. The molecule has 0 atom stereocenters. The quantitative estimate of drug-likeness (QED) is 0.784. The summed E-state index contributed by atoms with van der Waals surface area (Å²) in [6.45, 7) is 1.93. The smallest absolute Gasteiger partial charge is 0.255 e. The summed E-state index contributed by atoms with van der Waals surface area (Å²) in [6, 6.07) is 14.8. The van der Waals surface area contributed by atoms with Gasteiger partial charge in [-0.15, -0.1) is 0 Å². The van der Waals surface area contributed by atoms with Crippen LogP contribution in [0.5, 0.6) is 11.5 Å². The first-order chi connectivity index (χ1) is 12.8. The molecule has 4 rings (SSSR count). The monoisotopic (exact) mass is 349 g/mol. The minimum atomic E-state index is -0.162. The Morgan fingerprint density at radius 1 is 1.08 bits per heavy atom. The van der Waals surface area contributed by atoms with Gasteiger partial charge < -0.3 is 14.8 Å². The molecule has 1 amide bonds. The molecular formula is C20H19N3O3. The molecule has 1 aliphatic heterocycles. The van der Waals surface area contributed by atoms with Gasteiger partial charge in [0.15, 0.2) is 11.5 Å². The fourth-order valence-corrected chi connectivity index (χ4v) is 2.79. The molecular weight excluding hydrogens is 330 g/mol. The summed E-state index contributed by atoms with van der Waals surface area (Å²) in [5.74, 6) is 1.21. The molecule has 0 radical (unpaired) electrons. The highest BCUT2D eigenvalue weighted by molar-refractivity contribution is 6.04. The van der Waals surface area contributed by atoms with Crippen molar-refractivity contribution < 1.29 is 14.3 Å². The molecule has 0 saturated carbocycles. The second kappa shape index (κ2) is 7.31. The highest BCUT2D eigenvalue weighted by atomic mass is 16.5. The average molecular weight is 349 g/mol. The molecule has 6 heteroatoms. The van der Waals surface area contributed by atoms with Crippen molar-refractivity contribution in [3.8, 4) is 11.5 Å². The number of amides is 1. The van der Waals surface area contributed by atoms with Crippen molar-refractivity contribution >= 4 is 11.6 Å². The van der Waals surface area contributed by atoms with E-state index in [9.17, 15) is 4.79 Å². The van der Waals surface area contributed by atoms with Gasteiger partial charge in [-0.2, -0.15) is 5.10 Å². The van der Waals surface area contributed by atoms with E-state index >= 15 is 0 Å². The van der Waals surface area contributed by atoms with Gasteiger partial charge in [-0.1, -0.05) is 12.1 Å². The summed E-state index contributed by atoms with van der Waals surface area (Å²) in [5, 5.41) is 7.08. The van der Waals surface area contributed by atoms with E-state index < -0.39 is 0 Å². The van der Waals surface area contributed by atoms with E-state index in [0.29, 0.717) is 42.5 Å². The van der Waals surface area contributed by atoms with Gasteiger partial charge in [0, 0.05) is 36.1 Å². The third kappa shape index (κ3) is 3.69. The van der Waals surface area contributed by atoms with Gasteiger partial charge in [-0.3, -0.25) is 9.48 Å². The number of ether oxygens (including phenoxy) is 2. The summed E-state index contributed by atoms with van der Waals surface area (Å²) in [7, 11) is 0. The molecule has 0 unspecified atom stereocenters. The third-order valence-corrected chi connectivity index (χ3v) is 4.13. The molecule has 1 aliphatic rings. The second-order valence-electron chi connectivity index (χ2n) is 6.07. The molecule has 0 aliphatic carbocycles. The van der Waals surface area contributed by atoms with Crippen LogP contribution in [0.25, 0.3) is 0 Å². The number of aromatic nitrogens is 2. The number of hydrogen-bond acceptors (Lipinski definition) is 4. The molecule has 26 heavy (non-hydrogen) atoms. The first kappa shape index (κ1) is 16.2. The van der Waals surface area contributed by atoms with Crippen molar-refractivity contribution in [1.29, 1.82) is 0 Å². The van der Waals surface area contributed by atoms with Gasteiger partial charge in [0.25, 0.3) is 5.91 Å². The fraction of sp³-hybridized carbons (Fsp3) is 0.200. The Hall–Kier alpha value is -3.28. The number of benzene rings is 2. The number of carbonyl (C=O) groups excluding carboxylic acids is 1. The van der Waals surface area contributed by atoms with Gasteiger partial charge in [-0.05, 0) is 35.9 Å². The Morgan fingerprint density at radius 2 is 1.88 bits per heavy atom. The van der Waals surface area contributed by atoms with Gasteiger partial charge in [0.2, 0.25) is 0 Å². The molecule has 2 heterocycles. The molecule has 1 N–H and O–H groups in total. The van der Waals surface area contributed by atoms with Crippen LogP contribution in [-0.2, 0) is 6.54 Å². The van der Waals surface area contributed by atoms with Gasteiger partial charge in [0.05, 0.1) is 19.8 Å². The largest absolute Gasteiger partial charge is 0.490 e. The zero-order chi connectivity index (χ0) is 17.8. The lowest BCUT2D eigenvalue weighted by Gasteiger charge is -2.11. The highest BCUT2D eigenvalue weighted by Crippen LogP contribution is 2.32. The number of nitrogens with one attached hydrogen (secondary N) is 1. The maximum Gasteiger partial charge on any atom is 0.255 e. The maximum absolute atomic E-state index is 12.5. The van der Waals surface area contributed by atoms with Crippen molar-refractivity contribution in [2.45, 2.75) is 13.0 Å². The Labute approximate surface area is 151 Å². The molecule has 1 aromatic heterocycles. The van der Waals surface area contributed by atoms with Gasteiger partial charge in [0.1, 0.15) is 0 Å². The number of carbonyl (C=O) groups is 1. The fourth-order valence-electron chi connectivity index (χ4n) is 2.79. The van der Waals surface area contributed by atoms with Crippen molar-refractivity contribution in [1.82, 2.24) is 9.78 Å². The van der Waals surface area contributed by atoms with Crippen LogP contribution in [0.15, 0.2) is 60.9 Å². The Bertz CT molecular complexity index is 889. The topological polar surface area (TPSA) is 65.4 Å². The Morgan fingerprint density at radius 3 is 2.65 bits per heavy atom. The van der Waals surface area contributed by atoms with E-state index in [-0.39, 0.29) is 5.91 Å². The van der Waals surface area contributed by atoms with Crippen LogP contribution in [0.2, 0.25) is 0 Å². The average Bonchev–Trinajstić information content (AvgIpc) is 3.05. The highest BCUT2D eigenvalue weighted by Gasteiger charge is 2.12. The number of hydrogen-bond donors (Lipinski definition) is 1. The number of anilines is 1. The summed E-state index contributed by atoms with van der Waals surface area (Å²) < 4.78 is 13.1. The minimum absolute atomic E-state index is 0.162. The Kier molecular flexibility index (Phi) is 4.55. The molecule has 0 spiro atoms. The van der Waals surface area contributed by atoms with E-state index in [0.717, 1.165) is 12.0 Å². The van der Waals surface area contributed by atoms with E-state index in [1.807, 2.05) is 53.3 Å². The number of nitrogens with zero attached hydrogens (tertiary/aromatic N) is 2. The van der Waals surface area contributed by atoms with Crippen LogP contribution < -0.4 is 14.8 Å².